The second-order valence-corrected chi connectivity index (χ2v) is 7.31. The van der Waals surface area contributed by atoms with Crippen molar-refractivity contribution in [1.82, 2.24) is 4.90 Å². The highest BCUT2D eigenvalue weighted by Gasteiger charge is 2.34. The van der Waals surface area contributed by atoms with Crippen molar-refractivity contribution in [2.75, 3.05) is 31.7 Å². The predicted octanol–water partition coefficient (Wildman–Crippen LogP) is 4.49. The minimum absolute atomic E-state index is 0.205. The Hall–Kier alpha value is -3.42. The molecule has 0 fully saturated rings. The van der Waals surface area contributed by atoms with Gasteiger partial charge < -0.3 is 29.5 Å². The average molecular weight is 443 g/mol. The molecule has 1 aliphatic rings. The van der Waals surface area contributed by atoms with E-state index in [4.69, 9.17) is 14.2 Å². The van der Waals surface area contributed by atoms with E-state index < -0.39 is 12.0 Å². The molecule has 2 aromatic rings. The molecule has 0 bridgehead atoms. The zero-order chi connectivity index (χ0) is 23.1. The van der Waals surface area contributed by atoms with Crippen molar-refractivity contribution in [3.8, 4) is 17.2 Å². The number of benzene rings is 2. The predicted molar refractivity (Wildman–Crippen MR) is 121 cm³/mol. The fourth-order valence-corrected chi connectivity index (χ4v) is 3.87. The van der Waals surface area contributed by atoms with Crippen LogP contribution in [0.15, 0.2) is 36.4 Å². The van der Waals surface area contributed by atoms with E-state index in [2.05, 4.69) is 5.32 Å². The first-order chi connectivity index (χ1) is 15.5. The molecule has 2 amide bonds. The number of anilines is 1. The van der Waals surface area contributed by atoms with E-state index in [1.165, 1.54) is 0 Å². The maximum Gasteiger partial charge on any atom is 0.322 e. The minimum atomic E-state index is -0.978. The number of aliphatic carboxylic acids is 1. The third kappa shape index (κ3) is 5.43. The van der Waals surface area contributed by atoms with Gasteiger partial charge in [-0.05, 0) is 74.7 Å². The van der Waals surface area contributed by atoms with Gasteiger partial charge in [-0.3, -0.25) is 4.79 Å². The number of hydrogen-bond acceptors (Lipinski definition) is 5. The highest BCUT2D eigenvalue weighted by atomic mass is 16.5. The maximum atomic E-state index is 13.1. The molecule has 3 rings (SSSR count). The SMILES string of the molecule is CCOc1ccc(NC(=O)N2CCc3cc(OCC)c(OCC)cc3[C@@H]2CC(=O)O)cc1. The molecular weight excluding hydrogens is 412 g/mol. The van der Waals surface area contributed by atoms with Crippen LogP contribution in [-0.4, -0.2) is 48.4 Å². The van der Waals surface area contributed by atoms with Crippen LogP contribution in [0.5, 0.6) is 17.2 Å². The van der Waals surface area contributed by atoms with Gasteiger partial charge in [-0.25, -0.2) is 4.79 Å². The van der Waals surface area contributed by atoms with Crippen LogP contribution in [0.25, 0.3) is 0 Å². The average Bonchev–Trinajstić information content (AvgIpc) is 2.76. The summed E-state index contributed by atoms with van der Waals surface area (Å²) in [6.45, 7) is 7.58. The number of ether oxygens (including phenoxy) is 3. The second-order valence-electron chi connectivity index (χ2n) is 7.31. The van der Waals surface area contributed by atoms with E-state index >= 15 is 0 Å². The molecule has 0 saturated heterocycles. The molecule has 32 heavy (non-hydrogen) atoms. The monoisotopic (exact) mass is 442 g/mol. The van der Waals surface area contributed by atoms with Crippen molar-refractivity contribution in [2.45, 2.75) is 39.7 Å². The van der Waals surface area contributed by atoms with E-state index in [0.717, 1.165) is 16.9 Å². The molecule has 0 spiro atoms. The van der Waals surface area contributed by atoms with Gasteiger partial charge in [0.1, 0.15) is 5.75 Å². The van der Waals surface area contributed by atoms with Crippen molar-refractivity contribution in [2.24, 2.45) is 0 Å². The van der Waals surface area contributed by atoms with Crippen LogP contribution in [0.2, 0.25) is 0 Å². The van der Waals surface area contributed by atoms with Crippen molar-refractivity contribution in [3.63, 3.8) is 0 Å². The minimum Gasteiger partial charge on any atom is -0.494 e. The molecule has 1 aliphatic heterocycles. The summed E-state index contributed by atoms with van der Waals surface area (Å²) >= 11 is 0. The molecule has 172 valence electrons. The number of nitrogens with zero attached hydrogens (tertiary/aromatic N) is 1. The van der Waals surface area contributed by atoms with Gasteiger partial charge in [0.05, 0.1) is 32.3 Å². The highest BCUT2D eigenvalue weighted by molar-refractivity contribution is 5.90. The summed E-state index contributed by atoms with van der Waals surface area (Å²) in [5, 5.41) is 12.4. The first-order valence-corrected chi connectivity index (χ1v) is 10.9. The molecule has 0 radical (unpaired) electrons. The van der Waals surface area contributed by atoms with E-state index in [9.17, 15) is 14.7 Å². The number of fused-ring (bicyclic) bond motifs is 1. The lowest BCUT2D eigenvalue weighted by Crippen LogP contribution is -2.43. The summed E-state index contributed by atoms with van der Waals surface area (Å²) < 4.78 is 16.9. The Morgan fingerprint density at radius 3 is 2.22 bits per heavy atom. The van der Waals surface area contributed by atoms with Gasteiger partial charge in [-0.15, -0.1) is 0 Å². The van der Waals surface area contributed by atoms with Crippen molar-refractivity contribution in [1.29, 1.82) is 0 Å². The maximum absolute atomic E-state index is 13.1. The van der Waals surface area contributed by atoms with Crippen LogP contribution < -0.4 is 19.5 Å². The van der Waals surface area contributed by atoms with Crippen molar-refractivity contribution < 1.29 is 28.9 Å². The third-order valence-electron chi connectivity index (χ3n) is 5.21. The van der Waals surface area contributed by atoms with Crippen LogP contribution in [0.1, 0.15) is 44.4 Å². The van der Waals surface area contributed by atoms with Crippen molar-refractivity contribution >= 4 is 17.7 Å². The molecule has 0 aromatic heterocycles. The standard InChI is InChI=1S/C24H30N2O6/c1-4-30-18-9-7-17(8-10-18)25-24(29)26-12-11-16-13-21(31-5-2)22(32-6-3)14-19(16)20(26)15-23(27)28/h7-10,13-14,20H,4-6,11-12,15H2,1-3H3,(H,25,29)(H,27,28)/t20-/m0/s1. The molecule has 2 N–H and O–H groups in total. The van der Waals surface area contributed by atoms with Gasteiger partial charge in [-0.1, -0.05) is 0 Å². The number of nitrogens with one attached hydrogen (secondary N) is 1. The molecule has 0 saturated carbocycles. The number of carboxylic acids is 1. The normalized spacial score (nSPS) is 15.0. The van der Waals surface area contributed by atoms with Crippen LogP contribution in [0.4, 0.5) is 10.5 Å². The lowest BCUT2D eigenvalue weighted by molar-refractivity contribution is -0.138. The molecule has 0 unspecified atom stereocenters. The quantitative estimate of drug-likeness (QED) is 0.594. The molecule has 2 aromatic carbocycles. The van der Waals surface area contributed by atoms with E-state index in [0.29, 0.717) is 50.0 Å². The zero-order valence-electron chi connectivity index (χ0n) is 18.7. The Balaban J connectivity index is 1.88. The fraction of sp³-hybridized carbons (Fsp3) is 0.417. The van der Waals surface area contributed by atoms with E-state index in [1.54, 1.807) is 29.2 Å². The van der Waals surface area contributed by atoms with Gasteiger partial charge in [0, 0.05) is 12.2 Å². The number of hydrogen-bond donors (Lipinski definition) is 2. The molecule has 1 heterocycles. The van der Waals surface area contributed by atoms with Crippen molar-refractivity contribution in [3.05, 3.63) is 47.5 Å². The fourth-order valence-electron chi connectivity index (χ4n) is 3.87. The smallest absolute Gasteiger partial charge is 0.322 e. The number of carboxylic acid groups (broad SMARTS) is 1. The number of amides is 2. The Morgan fingerprint density at radius 1 is 1.00 bits per heavy atom. The Bertz CT molecular complexity index is 944. The molecule has 0 aliphatic carbocycles. The largest absolute Gasteiger partial charge is 0.494 e. The number of carbonyl (C=O) groups is 2. The summed E-state index contributed by atoms with van der Waals surface area (Å²) in [6, 6.07) is 9.83. The Kier molecular flexibility index (Phi) is 7.81. The van der Waals surface area contributed by atoms with Crippen LogP contribution >= 0.6 is 0 Å². The Morgan fingerprint density at radius 2 is 1.62 bits per heavy atom. The first kappa shape index (κ1) is 23.2. The van der Waals surface area contributed by atoms with Crippen LogP contribution in [-0.2, 0) is 11.2 Å². The van der Waals surface area contributed by atoms with Gasteiger partial charge in [-0.2, -0.15) is 0 Å². The number of carbonyl (C=O) groups excluding carboxylic acids is 1. The van der Waals surface area contributed by atoms with Gasteiger partial charge >= 0.3 is 12.0 Å². The topological polar surface area (TPSA) is 97.3 Å². The molecule has 8 nitrogen and oxygen atoms in total. The first-order valence-electron chi connectivity index (χ1n) is 10.9. The van der Waals surface area contributed by atoms with Crippen LogP contribution in [0.3, 0.4) is 0 Å². The number of urea groups is 1. The lowest BCUT2D eigenvalue weighted by Gasteiger charge is -2.37. The summed E-state index contributed by atoms with van der Waals surface area (Å²) in [5.41, 5.74) is 2.35. The van der Waals surface area contributed by atoms with E-state index in [1.807, 2.05) is 32.9 Å². The number of rotatable bonds is 9. The van der Waals surface area contributed by atoms with Gasteiger partial charge in [0.25, 0.3) is 0 Å². The second kappa shape index (κ2) is 10.7. The summed E-state index contributed by atoms with van der Waals surface area (Å²) in [7, 11) is 0. The Labute approximate surface area is 188 Å². The summed E-state index contributed by atoms with van der Waals surface area (Å²) in [6.07, 6.45) is 0.387. The molecular formula is C24H30N2O6. The third-order valence-corrected chi connectivity index (χ3v) is 5.21. The highest BCUT2D eigenvalue weighted by Crippen LogP contribution is 2.40. The zero-order valence-corrected chi connectivity index (χ0v) is 18.7. The lowest BCUT2D eigenvalue weighted by atomic mass is 9.90. The summed E-state index contributed by atoms with van der Waals surface area (Å²) in [4.78, 5) is 26.3. The van der Waals surface area contributed by atoms with Gasteiger partial charge in [0.15, 0.2) is 11.5 Å². The van der Waals surface area contributed by atoms with E-state index in [-0.39, 0.29) is 12.5 Å². The van der Waals surface area contributed by atoms with Gasteiger partial charge in [0.2, 0.25) is 0 Å². The summed E-state index contributed by atoms with van der Waals surface area (Å²) in [5.74, 6) is 0.926. The molecule has 8 heteroatoms. The molecule has 1 atom stereocenters. The van der Waals surface area contributed by atoms with Crippen LogP contribution in [0, 0.1) is 0 Å².